The normalized spacial score (nSPS) is 11.6. The first kappa shape index (κ1) is 25.4. The highest BCUT2D eigenvalue weighted by atomic mass is 35.5. The number of aryl methyl sites for hydroxylation is 1. The van der Waals surface area contributed by atoms with E-state index < -0.39 is 6.04 Å². The van der Waals surface area contributed by atoms with Crippen molar-refractivity contribution in [3.8, 4) is 17.0 Å². The number of halogens is 1. The summed E-state index contributed by atoms with van der Waals surface area (Å²) in [5.74, 6) is 0.0159. The number of rotatable bonds is 8. The molecule has 0 saturated carbocycles. The number of carbonyl (C=O) groups excluding carboxylic acids is 2. The lowest BCUT2D eigenvalue weighted by Crippen LogP contribution is -2.34. The molecule has 0 radical (unpaired) electrons. The second-order valence-electron chi connectivity index (χ2n) is 8.26. The quantitative estimate of drug-likeness (QED) is 0.281. The Morgan fingerprint density at radius 3 is 2.44 bits per heavy atom. The third-order valence-corrected chi connectivity index (χ3v) is 6.81. The molecule has 0 fully saturated rings. The minimum atomic E-state index is -0.613. The molecule has 1 atom stereocenters. The van der Waals surface area contributed by atoms with Gasteiger partial charge in [0.25, 0.3) is 0 Å². The molecule has 3 aromatic carbocycles. The summed E-state index contributed by atoms with van der Waals surface area (Å²) >= 11 is 7.79. The number of ether oxygens (including phenoxy) is 1. The van der Waals surface area contributed by atoms with Gasteiger partial charge in [-0.25, -0.2) is 4.98 Å². The van der Waals surface area contributed by atoms with Crippen LogP contribution in [0.1, 0.15) is 30.5 Å². The predicted molar refractivity (Wildman–Crippen MR) is 145 cm³/mol. The zero-order chi connectivity index (χ0) is 25.7. The molecule has 184 valence electrons. The number of hydrogen-bond acceptors (Lipinski definition) is 5. The smallest absolute Gasteiger partial charge is 0.235 e. The Hall–Kier alpha value is -3.68. The second-order valence-corrected chi connectivity index (χ2v) is 9.50. The maximum absolute atomic E-state index is 13.9. The number of para-hydroxylation sites is 2. The monoisotopic (exact) mass is 519 g/mol. The van der Waals surface area contributed by atoms with Gasteiger partial charge in [-0.1, -0.05) is 71.8 Å². The van der Waals surface area contributed by atoms with E-state index in [1.807, 2.05) is 73.0 Å². The number of nitrogens with zero attached hydrogens (tertiary/aromatic N) is 2. The molecule has 0 unspecified atom stereocenters. The van der Waals surface area contributed by atoms with E-state index in [9.17, 15) is 9.59 Å². The largest absolute Gasteiger partial charge is 0.495 e. The Balaban J connectivity index is 1.75. The second kappa shape index (κ2) is 11.4. The summed E-state index contributed by atoms with van der Waals surface area (Å²) in [4.78, 5) is 32.3. The topological polar surface area (TPSA) is 71.5 Å². The van der Waals surface area contributed by atoms with Crippen LogP contribution in [0.4, 0.5) is 10.8 Å². The van der Waals surface area contributed by atoms with Crippen LogP contribution in [0.15, 0.2) is 78.2 Å². The molecule has 1 heterocycles. The van der Waals surface area contributed by atoms with Crippen molar-refractivity contribution in [2.45, 2.75) is 26.3 Å². The SMILES string of the molecule is COc1ccccc1N(C(=O)C[C@H](NC(C)=O)c1ccccc1Cl)c1nc(-c2ccc(C)cc2)cs1. The number of aromatic nitrogens is 1. The van der Waals surface area contributed by atoms with Gasteiger partial charge in [-0.05, 0) is 30.7 Å². The highest BCUT2D eigenvalue weighted by molar-refractivity contribution is 7.14. The van der Waals surface area contributed by atoms with Crippen LogP contribution in [0, 0.1) is 6.92 Å². The van der Waals surface area contributed by atoms with Gasteiger partial charge in [0.05, 0.1) is 31.0 Å². The van der Waals surface area contributed by atoms with Gasteiger partial charge in [0.15, 0.2) is 5.13 Å². The molecule has 0 aliphatic heterocycles. The number of thiazole rings is 1. The Bertz CT molecular complexity index is 1370. The van der Waals surface area contributed by atoms with E-state index in [0.717, 1.165) is 16.8 Å². The zero-order valence-electron chi connectivity index (χ0n) is 20.2. The van der Waals surface area contributed by atoms with Crippen molar-refractivity contribution < 1.29 is 14.3 Å². The third kappa shape index (κ3) is 5.75. The molecular formula is C28H26ClN3O3S. The highest BCUT2D eigenvalue weighted by Gasteiger charge is 2.28. The maximum Gasteiger partial charge on any atom is 0.235 e. The number of anilines is 2. The Labute approximate surface area is 219 Å². The number of benzene rings is 3. The van der Waals surface area contributed by atoms with E-state index in [4.69, 9.17) is 21.3 Å². The maximum atomic E-state index is 13.9. The first-order chi connectivity index (χ1) is 17.4. The Morgan fingerprint density at radius 2 is 1.75 bits per heavy atom. The van der Waals surface area contributed by atoms with Crippen molar-refractivity contribution in [2.24, 2.45) is 0 Å². The number of nitrogens with one attached hydrogen (secondary N) is 1. The van der Waals surface area contributed by atoms with Crippen LogP contribution in [0.3, 0.4) is 0 Å². The molecule has 6 nitrogen and oxygen atoms in total. The molecule has 0 bridgehead atoms. The minimum Gasteiger partial charge on any atom is -0.495 e. The summed E-state index contributed by atoms with van der Waals surface area (Å²) in [7, 11) is 1.56. The van der Waals surface area contributed by atoms with Gasteiger partial charge in [0, 0.05) is 22.9 Å². The summed E-state index contributed by atoms with van der Waals surface area (Å²) < 4.78 is 5.57. The van der Waals surface area contributed by atoms with Crippen LogP contribution >= 0.6 is 22.9 Å². The Morgan fingerprint density at radius 1 is 1.06 bits per heavy atom. The highest BCUT2D eigenvalue weighted by Crippen LogP contribution is 2.38. The van der Waals surface area contributed by atoms with Gasteiger partial charge < -0.3 is 10.1 Å². The lowest BCUT2D eigenvalue weighted by atomic mass is 10.0. The van der Waals surface area contributed by atoms with E-state index in [-0.39, 0.29) is 18.2 Å². The van der Waals surface area contributed by atoms with E-state index in [1.165, 1.54) is 18.3 Å². The summed E-state index contributed by atoms with van der Waals surface area (Å²) in [6, 6.07) is 21.9. The molecule has 2 amide bonds. The molecule has 4 aromatic rings. The van der Waals surface area contributed by atoms with Crippen molar-refractivity contribution in [1.29, 1.82) is 0 Å². The van der Waals surface area contributed by atoms with Crippen molar-refractivity contribution in [3.63, 3.8) is 0 Å². The summed E-state index contributed by atoms with van der Waals surface area (Å²) in [5.41, 5.74) is 4.12. The molecule has 0 saturated heterocycles. The fourth-order valence-corrected chi connectivity index (χ4v) is 5.02. The van der Waals surface area contributed by atoms with E-state index in [1.54, 1.807) is 24.1 Å². The van der Waals surface area contributed by atoms with Gasteiger partial charge in [0.1, 0.15) is 5.75 Å². The van der Waals surface area contributed by atoms with Crippen LogP contribution in [-0.2, 0) is 9.59 Å². The van der Waals surface area contributed by atoms with Crippen LogP contribution < -0.4 is 15.0 Å². The standard InChI is InChI=1S/C28H26ClN3O3S/c1-18-12-14-20(15-13-18)24-17-36-28(31-24)32(25-10-6-7-11-26(25)35-3)27(34)16-23(30-19(2)33)21-8-4-5-9-22(21)29/h4-15,17,23H,16H2,1-3H3,(H,30,33)/t23-/m0/s1. The van der Waals surface area contributed by atoms with E-state index in [2.05, 4.69) is 5.32 Å². The van der Waals surface area contributed by atoms with Crippen molar-refractivity contribution in [1.82, 2.24) is 10.3 Å². The van der Waals surface area contributed by atoms with Crippen LogP contribution in [0.5, 0.6) is 5.75 Å². The van der Waals surface area contributed by atoms with E-state index >= 15 is 0 Å². The first-order valence-corrected chi connectivity index (χ1v) is 12.6. The molecule has 4 rings (SSSR count). The summed E-state index contributed by atoms with van der Waals surface area (Å²) in [6.45, 7) is 3.45. The lowest BCUT2D eigenvalue weighted by molar-refractivity contribution is -0.121. The van der Waals surface area contributed by atoms with Crippen molar-refractivity contribution in [2.75, 3.05) is 12.0 Å². The van der Waals surface area contributed by atoms with Crippen LogP contribution in [0.25, 0.3) is 11.3 Å². The number of amides is 2. The molecule has 1 aromatic heterocycles. The van der Waals surface area contributed by atoms with Crippen LogP contribution in [0.2, 0.25) is 5.02 Å². The molecule has 1 N–H and O–H groups in total. The van der Waals surface area contributed by atoms with Crippen molar-refractivity contribution >= 4 is 45.6 Å². The third-order valence-electron chi connectivity index (χ3n) is 5.64. The summed E-state index contributed by atoms with van der Waals surface area (Å²) in [5, 5.41) is 5.77. The fourth-order valence-electron chi connectivity index (χ4n) is 3.89. The molecule has 8 heteroatoms. The molecule has 0 aliphatic carbocycles. The van der Waals surface area contributed by atoms with Crippen molar-refractivity contribution in [3.05, 3.63) is 94.3 Å². The first-order valence-electron chi connectivity index (χ1n) is 11.4. The lowest BCUT2D eigenvalue weighted by Gasteiger charge is -2.25. The van der Waals surface area contributed by atoms with Gasteiger partial charge in [0.2, 0.25) is 11.8 Å². The van der Waals surface area contributed by atoms with Gasteiger partial charge >= 0.3 is 0 Å². The van der Waals surface area contributed by atoms with E-state index in [0.29, 0.717) is 27.2 Å². The Kier molecular flexibility index (Phi) is 8.03. The van der Waals surface area contributed by atoms with Gasteiger partial charge in [-0.2, -0.15) is 0 Å². The van der Waals surface area contributed by atoms with Gasteiger partial charge in [-0.15, -0.1) is 11.3 Å². The van der Waals surface area contributed by atoms with Crippen LogP contribution in [-0.4, -0.2) is 23.9 Å². The fraction of sp³-hybridized carbons (Fsp3) is 0.179. The van der Waals surface area contributed by atoms with Gasteiger partial charge in [-0.3, -0.25) is 14.5 Å². The average Bonchev–Trinajstić information content (AvgIpc) is 3.34. The number of hydrogen-bond donors (Lipinski definition) is 1. The molecular weight excluding hydrogens is 494 g/mol. The molecule has 36 heavy (non-hydrogen) atoms. The summed E-state index contributed by atoms with van der Waals surface area (Å²) in [6.07, 6.45) is -0.0270. The molecule has 0 spiro atoms. The minimum absolute atomic E-state index is 0.0270. The number of methoxy groups -OCH3 is 1. The number of carbonyl (C=O) groups is 2. The zero-order valence-corrected chi connectivity index (χ0v) is 21.8. The average molecular weight is 520 g/mol. The molecule has 0 aliphatic rings. The predicted octanol–water partition coefficient (Wildman–Crippen LogP) is 6.71.